The molecule has 0 bridgehead atoms. The Morgan fingerprint density at radius 3 is 2.26 bits per heavy atom. The van der Waals surface area contributed by atoms with Crippen LogP contribution in [0, 0.1) is 17.6 Å². The minimum Gasteiger partial charge on any atom is -0.335 e. The lowest BCUT2D eigenvalue weighted by Crippen LogP contribution is -2.45. The summed E-state index contributed by atoms with van der Waals surface area (Å²) in [5.74, 6) is -1.70. The molecule has 0 spiro atoms. The smallest absolute Gasteiger partial charge is 0.227 e. The SMILES string of the molecule is CC(N)C(C)C(=O)N(Cc1c(F)cccc1F)C1CCCC1.Cl. The zero-order chi connectivity index (χ0) is 16.3. The van der Waals surface area contributed by atoms with E-state index in [1.54, 1.807) is 18.7 Å². The van der Waals surface area contributed by atoms with Gasteiger partial charge in [0.15, 0.2) is 0 Å². The largest absolute Gasteiger partial charge is 0.335 e. The molecule has 23 heavy (non-hydrogen) atoms. The Labute approximate surface area is 142 Å². The molecule has 1 aliphatic rings. The predicted octanol–water partition coefficient (Wildman–Crippen LogP) is 3.64. The molecule has 2 rings (SSSR count). The van der Waals surface area contributed by atoms with Gasteiger partial charge in [-0.25, -0.2) is 8.78 Å². The molecule has 1 fully saturated rings. The number of halogens is 3. The highest BCUT2D eigenvalue weighted by molar-refractivity contribution is 5.85. The van der Waals surface area contributed by atoms with Crippen molar-refractivity contribution in [3.63, 3.8) is 0 Å². The Morgan fingerprint density at radius 1 is 1.26 bits per heavy atom. The molecule has 3 nitrogen and oxygen atoms in total. The molecule has 0 saturated heterocycles. The summed E-state index contributed by atoms with van der Waals surface area (Å²) in [6.07, 6.45) is 3.85. The third-order valence-corrected chi connectivity index (χ3v) is 4.62. The van der Waals surface area contributed by atoms with Gasteiger partial charge in [0.25, 0.3) is 0 Å². The summed E-state index contributed by atoms with van der Waals surface area (Å²) in [6.45, 7) is 3.52. The fourth-order valence-electron chi connectivity index (χ4n) is 2.94. The quantitative estimate of drug-likeness (QED) is 0.884. The van der Waals surface area contributed by atoms with Crippen LogP contribution in [-0.2, 0) is 11.3 Å². The molecule has 0 heterocycles. The third kappa shape index (κ3) is 4.64. The van der Waals surface area contributed by atoms with Crippen LogP contribution in [0.25, 0.3) is 0 Å². The van der Waals surface area contributed by atoms with Crippen molar-refractivity contribution in [2.75, 3.05) is 0 Å². The Balaban J connectivity index is 0.00000264. The molecular formula is C17H25ClF2N2O. The van der Waals surface area contributed by atoms with E-state index in [9.17, 15) is 13.6 Å². The van der Waals surface area contributed by atoms with Gasteiger partial charge >= 0.3 is 0 Å². The maximum absolute atomic E-state index is 13.9. The average molecular weight is 347 g/mol. The van der Waals surface area contributed by atoms with E-state index in [0.29, 0.717) is 0 Å². The van der Waals surface area contributed by atoms with Crippen molar-refractivity contribution < 1.29 is 13.6 Å². The molecule has 1 aromatic rings. The standard InChI is InChI=1S/C17H24F2N2O.ClH/c1-11(12(2)20)17(22)21(13-6-3-4-7-13)10-14-15(18)8-5-9-16(14)19;/h5,8-9,11-13H,3-4,6-7,10,20H2,1-2H3;1H. The molecule has 6 heteroatoms. The number of carbonyl (C=O) groups excluding carboxylic acids is 1. The highest BCUT2D eigenvalue weighted by atomic mass is 35.5. The molecular weight excluding hydrogens is 322 g/mol. The minimum atomic E-state index is -0.607. The number of benzene rings is 1. The number of carbonyl (C=O) groups is 1. The van der Waals surface area contributed by atoms with E-state index in [-0.39, 0.29) is 48.4 Å². The van der Waals surface area contributed by atoms with Crippen molar-refractivity contribution in [3.8, 4) is 0 Å². The summed E-state index contributed by atoms with van der Waals surface area (Å²) in [7, 11) is 0. The summed E-state index contributed by atoms with van der Waals surface area (Å²) < 4.78 is 27.8. The summed E-state index contributed by atoms with van der Waals surface area (Å²) in [4.78, 5) is 14.3. The normalized spacial score (nSPS) is 17.4. The van der Waals surface area contributed by atoms with Gasteiger partial charge < -0.3 is 10.6 Å². The molecule has 0 aliphatic heterocycles. The molecule has 130 valence electrons. The summed E-state index contributed by atoms with van der Waals surface area (Å²) in [6, 6.07) is 3.55. The first-order valence-corrected chi connectivity index (χ1v) is 7.90. The lowest BCUT2D eigenvalue weighted by Gasteiger charge is -2.32. The van der Waals surface area contributed by atoms with Crippen LogP contribution in [0.3, 0.4) is 0 Å². The van der Waals surface area contributed by atoms with Gasteiger partial charge in [0, 0.05) is 17.6 Å². The first-order valence-electron chi connectivity index (χ1n) is 7.90. The van der Waals surface area contributed by atoms with Gasteiger partial charge in [-0.05, 0) is 31.9 Å². The van der Waals surface area contributed by atoms with Crippen molar-refractivity contribution in [2.45, 2.75) is 58.2 Å². The van der Waals surface area contributed by atoms with Gasteiger partial charge in [0.2, 0.25) is 5.91 Å². The third-order valence-electron chi connectivity index (χ3n) is 4.62. The highest BCUT2D eigenvalue weighted by Gasteiger charge is 2.32. The van der Waals surface area contributed by atoms with Crippen molar-refractivity contribution in [1.29, 1.82) is 0 Å². The highest BCUT2D eigenvalue weighted by Crippen LogP contribution is 2.28. The van der Waals surface area contributed by atoms with Crippen LogP contribution in [0.5, 0.6) is 0 Å². The van der Waals surface area contributed by atoms with E-state index in [2.05, 4.69) is 0 Å². The summed E-state index contributed by atoms with van der Waals surface area (Å²) in [5.41, 5.74) is 5.79. The second kappa shape index (κ2) is 8.60. The van der Waals surface area contributed by atoms with E-state index in [4.69, 9.17) is 5.73 Å². The van der Waals surface area contributed by atoms with Crippen molar-refractivity contribution in [3.05, 3.63) is 35.4 Å². The van der Waals surface area contributed by atoms with Crippen LogP contribution in [-0.4, -0.2) is 22.9 Å². The fraction of sp³-hybridized carbons (Fsp3) is 0.588. The van der Waals surface area contributed by atoms with E-state index >= 15 is 0 Å². The number of nitrogens with zero attached hydrogens (tertiary/aromatic N) is 1. The molecule has 1 amide bonds. The maximum atomic E-state index is 13.9. The molecule has 1 aliphatic carbocycles. The maximum Gasteiger partial charge on any atom is 0.227 e. The Bertz CT molecular complexity index is 513. The summed E-state index contributed by atoms with van der Waals surface area (Å²) >= 11 is 0. The van der Waals surface area contributed by atoms with Gasteiger partial charge in [0.05, 0.1) is 12.5 Å². The van der Waals surface area contributed by atoms with Crippen LogP contribution < -0.4 is 5.73 Å². The molecule has 0 aromatic heterocycles. The average Bonchev–Trinajstić information content (AvgIpc) is 2.99. The lowest BCUT2D eigenvalue weighted by molar-refractivity contribution is -0.138. The number of nitrogens with two attached hydrogens (primary N) is 1. The van der Waals surface area contributed by atoms with Crippen molar-refractivity contribution >= 4 is 18.3 Å². The first-order chi connectivity index (χ1) is 10.4. The molecule has 2 N–H and O–H groups in total. The van der Waals surface area contributed by atoms with E-state index < -0.39 is 11.6 Å². The number of hydrogen-bond acceptors (Lipinski definition) is 2. The van der Waals surface area contributed by atoms with Crippen LogP contribution in [0.4, 0.5) is 8.78 Å². The number of amides is 1. The second-order valence-corrected chi connectivity index (χ2v) is 6.25. The van der Waals surface area contributed by atoms with Crippen molar-refractivity contribution in [1.82, 2.24) is 4.90 Å². The molecule has 0 radical (unpaired) electrons. The van der Waals surface area contributed by atoms with Gasteiger partial charge in [-0.15, -0.1) is 12.4 Å². The zero-order valence-corrected chi connectivity index (χ0v) is 14.4. The second-order valence-electron chi connectivity index (χ2n) is 6.25. The van der Waals surface area contributed by atoms with E-state index in [0.717, 1.165) is 25.7 Å². The lowest BCUT2D eigenvalue weighted by atomic mass is 10.0. The van der Waals surface area contributed by atoms with Gasteiger partial charge in [0.1, 0.15) is 11.6 Å². The summed E-state index contributed by atoms with van der Waals surface area (Å²) in [5, 5.41) is 0. The topological polar surface area (TPSA) is 46.3 Å². The zero-order valence-electron chi connectivity index (χ0n) is 13.6. The monoisotopic (exact) mass is 346 g/mol. The van der Waals surface area contributed by atoms with Crippen LogP contribution >= 0.6 is 12.4 Å². The van der Waals surface area contributed by atoms with E-state index in [1.165, 1.54) is 18.2 Å². The van der Waals surface area contributed by atoms with Crippen LogP contribution in [0.1, 0.15) is 45.1 Å². The van der Waals surface area contributed by atoms with Gasteiger partial charge in [-0.3, -0.25) is 4.79 Å². The Kier molecular flexibility index (Phi) is 7.42. The minimum absolute atomic E-state index is 0. The molecule has 2 atom stereocenters. The fourth-order valence-corrected chi connectivity index (χ4v) is 2.94. The molecule has 2 unspecified atom stereocenters. The van der Waals surface area contributed by atoms with Gasteiger partial charge in [-0.2, -0.15) is 0 Å². The Morgan fingerprint density at radius 2 is 1.78 bits per heavy atom. The van der Waals surface area contributed by atoms with Crippen LogP contribution in [0.2, 0.25) is 0 Å². The first kappa shape index (κ1) is 19.8. The Hall–Kier alpha value is -1.20. The van der Waals surface area contributed by atoms with E-state index in [1.807, 2.05) is 0 Å². The number of hydrogen-bond donors (Lipinski definition) is 1. The van der Waals surface area contributed by atoms with Crippen LogP contribution in [0.15, 0.2) is 18.2 Å². The molecule has 1 saturated carbocycles. The van der Waals surface area contributed by atoms with Crippen molar-refractivity contribution in [2.24, 2.45) is 11.7 Å². The molecule has 1 aromatic carbocycles. The van der Waals surface area contributed by atoms with Gasteiger partial charge in [-0.1, -0.05) is 25.8 Å². The predicted molar refractivity (Wildman–Crippen MR) is 89.2 cm³/mol. The number of rotatable bonds is 5.